The Morgan fingerprint density at radius 2 is 2.14 bits per heavy atom. The van der Waals surface area contributed by atoms with Crippen LogP contribution < -0.4 is 5.64 Å². The summed E-state index contributed by atoms with van der Waals surface area (Å²) in [6.45, 7) is 3.94. The summed E-state index contributed by atoms with van der Waals surface area (Å²) < 4.78 is 0. The third-order valence-corrected chi connectivity index (χ3v) is 0.911. The molecule has 0 aliphatic carbocycles. The van der Waals surface area contributed by atoms with E-state index in [-0.39, 0.29) is 6.85 Å². The van der Waals surface area contributed by atoms with Crippen molar-refractivity contribution in [3.8, 4) is 12.2 Å². The van der Waals surface area contributed by atoms with Crippen LogP contribution in [-0.2, 0) is 0 Å². The van der Waals surface area contributed by atoms with Crippen molar-refractivity contribution in [2.45, 2.75) is 19.7 Å². The Balaban J connectivity index is 3.40. The predicted octanol–water partition coefficient (Wildman–Crippen LogP) is 0.519. The van der Waals surface area contributed by atoms with Gasteiger partial charge in [0.25, 0.3) is 0 Å². The maximum absolute atomic E-state index is 5.38. The molecular formula is C5H10BN. The zero-order valence-electron chi connectivity index (χ0n) is 4.81. The third kappa shape index (κ3) is 2.30. The van der Waals surface area contributed by atoms with E-state index < -0.39 is 0 Å². The van der Waals surface area contributed by atoms with Crippen LogP contribution in [0.5, 0.6) is 0 Å². The van der Waals surface area contributed by atoms with Crippen molar-refractivity contribution in [2.75, 3.05) is 0 Å². The Hall–Kier alpha value is -0.415. The summed E-state index contributed by atoms with van der Waals surface area (Å²) in [4.78, 5) is 0. The average Bonchev–Trinajstić information content (AvgIpc) is 1.65. The van der Waals surface area contributed by atoms with Crippen LogP contribution in [0.4, 0.5) is 0 Å². The van der Waals surface area contributed by atoms with Gasteiger partial charge in [0.15, 0.2) is 0 Å². The molecule has 0 amide bonds. The first kappa shape index (κ1) is 6.58. The second-order valence-electron chi connectivity index (χ2n) is 1.94. The quantitative estimate of drug-likeness (QED) is 0.372. The van der Waals surface area contributed by atoms with E-state index >= 15 is 0 Å². The molecule has 2 heteroatoms. The average molecular weight is 95.0 g/mol. The molecule has 0 atom stereocenters. The molecule has 2 N–H and O–H groups in total. The molecule has 0 spiro atoms. The first-order valence-electron chi connectivity index (χ1n) is 2.40. The molecule has 0 saturated heterocycles. The summed E-state index contributed by atoms with van der Waals surface area (Å²) >= 11 is 0. The highest BCUT2D eigenvalue weighted by Gasteiger charge is 2.07. The van der Waals surface area contributed by atoms with E-state index in [4.69, 9.17) is 12.1 Å². The number of nitrogens with two attached hydrogens (primary N) is 1. The largest absolute Gasteiger partial charge is 0.358 e. The van der Waals surface area contributed by atoms with E-state index in [0.29, 0.717) is 5.82 Å². The van der Waals surface area contributed by atoms with Gasteiger partial charge in [-0.15, -0.1) is 12.2 Å². The van der Waals surface area contributed by atoms with Crippen molar-refractivity contribution in [2.24, 2.45) is 5.64 Å². The molecule has 38 valence electrons. The number of rotatable bonds is 1. The van der Waals surface area contributed by atoms with Gasteiger partial charge in [-0.1, -0.05) is 13.8 Å². The minimum atomic E-state index is -0.0694. The summed E-state index contributed by atoms with van der Waals surface area (Å²) in [5.74, 6) is 2.85. The molecule has 0 fully saturated rings. The van der Waals surface area contributed by atoms with E-state index in [0.717, 1.165) is 0 Å². The number of hydrogen-bond acceptors (Lipinski definition) is 1. The summed E-state index contributed by atoms with van der Waals surface area (Å²) in [5.41, 5.74) is 5.38. The fraction of sp³-hybridized carbons (Fsp3) is 0.600. The molecule has 0 radical (unpaired) electrons. The van der Waals surface area contributed by atoms with E-state index in [2.05, 4.69) is 5.82 Å². The maximum atomic E-state index is 5.38. The van der Waals surface area contributed by atoms with Crippen molar-refractivity contribution in [1.82, 2.24) is 0 Å². The van der Waals surface area contributed by atoms with Crippen molar-refractivity contribution in [3.05, 3.63) is 0 Å². The van der Waals surface area contributed by atoms with Crippen molar-refractivity contribution >= 4 is 6.85 Å². The monoisotopic (exact) mass is 95.1 g/mol. The lowest BCUT2D eigenvalue weighted by Gasteiger charge is -1.99. The predicted molar refractivity (Wildman–Crippen MR) is 33.9 cm³/mol. The zero-order valence-corrected chi connectivity index (χ0v) is 4.81. The highest BCUT2D eigenvalue weighted by Crippen LogP contribution is 1.98. The van der Waals surface area contributed by atoms with Crippen LogP contribution in [0, 0.1) is 12.2 Å². The van der Waals surface area contributed by atoms with Gasteiger partial charge in [0.1, 0.15) is 0 Å². The Morgan fingerprint density at radius 3 is 2.14 bits per heavy atom. The van der Waals surface area contributed by atoms with Gasteiger partial charge in [0, 0.05) is 0 Å². The molecule has 0 heterocycles. The summed E-state index contributed by atoms with van der Waals surface area (Å²) in [6, 6.07) is 0. The SMILES string of the molecule is C#CB(N)C(C)C. The van der Waals surface area contributed by atoms with Crippen LogP contribution >= 0.6 is 0 Å². The van der Waals surface area contributed by atoms with Gasteiger partial charge < -0.3 is 5.64 Å². The Bertz CT molecular complexity index is 82.6. The van der Waals surface area contributed by atoms with Crippen LogP contribution in [0.3, 0.4) is 0 Å². The van der Waals surface area contributed by atoms with Gasteiger partial charge in [-0.25, -0.2) is 0 Å². The summed E-state index contributed by atoms with van der Waals surface area (Å²) in [5, 5.41) is 0. The smallest absolute Gasteiger partial charge is 0.308 e. The lowest BCUT2D eigenvalue weighted by molar-refractivity contribution is 1.04. The van der Waals surface area contributed by atoms with Gasteiger partial charge >= 0.3 is 6.85 Å². The van der Waals surface area contributed by atoms with Crippen LogP contribution in [0.15, 0.2) is 0 Å². The molecule has 0 aliphatic heterocycles. The highest BCUT2D eigenvalue weighted by molar-refractivity contribution is 6.65. The van der Waals surface area contributed by atoms with Gasteiger partial charge in [-0.05, 0) is 5.82 Å². The Labute approximate surface area is 45.4 Å². The topological polar surface area (TPSA) is 26.0 Å². The van der Waals surface area contributed by atoms with Gasteiger partial charge in [0.05, 0.1) is 0 Å². The zero-order chi connectivity index (χ0) is 5.86. The van der Waals surface area contributed by atoms with E-state index in [1.807, 2.05) is 13.8 Å². The minimum absolute atomic E-state index is 0.0694. The van der Waals surface area contributed by atoms with Crippen LogP contribution in [0.1, 0.15) is 13.8 Å². The molecule has 0 aromatic heterocycles. The molecule has 1 nitrogen and oxygen atoms in total. The summed E-state index contributed by atoms with van der Waals surface area (Å²) in [7, 11) is 0. The Kier molecular flexibility index (Phi) is 2.55. The third-order valence-electron chi connectivity index (χ3n) is 0.911. The van der Waals surface area contributed by atoms with Crippen LogP contribution in [0.25, 0.3) is 0 Å². The molecule has 0 aliphatic rings. The van der Waals surface area contributed by atoms with Crippen molar-refractivity contribution in [1.29, 1.82) is 0 Å². The highest BCUT2D eigenvalue weighted by atomic mass is 14.4. The van der Waals surface area contributed by atoms with Gasteiger partial charge in [-0.3, -0.25) is 0 Å². The van der Waals surface area contributed by atoms with E-state index in [1.165, 1.54) is 0 Å². The maximum Gasteiger partial charge on any atom is 0.308 e. The van der Waals surface area contributed by atoms with Crippen molar-refractivity contribution in [3.63, 3.8) is 0 Å². The molecule has 0 bridgehead atoms. The fourth-order valence-electron chi connectivity index (χ4n) is 0.192. The first-order valence-corrected chi connectivity index (χ1v) is 2.40. The number of terminal acetylenes is 1. The van der Waals surface area contributed by atoms with Gasteiger partial charge in [0.2, 0.25) is 0 Å². The molecule has 0 unspecified atom stereocenters. The summed E-state index contributed by atoms with van der Waals surface area (Å²) in [6.07, 6.45) is 5.00. The normalized spacial score (nSPS) is 8.43. The molecule has 0 saturated carbocycles. The number of hydrogen-bond donors (Lipinski definition) is 1. The van der Waals surface area contributed by atoms with Crippen molar-refractivity contribution < 1.29 is 0 Å². The second kappa shape index (κ2) is 2.71. The molecular weight excluding hydrogens is 84.9 g/mol. The minimum Gasteiger partial charge on any atom is -0.358 e. The van der Waals surface area contributed by atoms with Crippen LogP contribution in [0.2, 0.25) is 5.82 Å². The van der Waals surface area contributed by atoms with E-state index in [9.17, 15) is 0 Å². The lowest BCUT2D eigenvalue weighted by atomic mass is 9.55. The fourth-order valence-corrected chi connectivity index (χ4v) is 0.192. The molecule has 7 heavy (non-hydrogen) atoms. The van der Waals surface area contributed by atoms with Gasteiger partial charge in [-0.2, -0.15) is 0 Å². The second-order valence-corrected chi connectivity index (χ2v) is 1.94. The molecule has 0 rings (SSSR count). The standard InChI is InChI=1S/C5H10BN/c1-4-6(7)5(2)3/h1,5H,7H2,2-3H3. The van der Waals surface area contributed by atoms with E-state index in [1.54, 1.807) is 0 Å². The van der Waals surface area contributed by atoms with Crippen LogP contribution in [-0.4, -0.2) is 6.85 Å². The lowest BCUT2D eigenvalue weighted by Crippen LogP contribution is -2.26. The first-order chi connectivity index (χ1) is 3.18. The Morgan fingerprint density at radius 1 is 1.71 bits per heavy atom. The molecule has 0 aromatic rings. The molecule has 0 aromatic carbocycles.